The number of benzene rings is 2. The van der Waals surface area contributed by atoms with Crippen LogP contribution in [0, 0.1) is 24.0 Å². The number of carbonyl (C=O) groups is 1. The number of anilines is 1. The number of rotatable bonds is 3. The van der Waals surface area contributed by atoms with Crippen LogP contribution in [0.25, 0.3) is 6.08 Å². The lowest BCUT2D eigenvalue weighted by molar-refractivity contribution is -0.385. The van der Waals surface area contributed by atoms with Crippen molar-refractivity contribution in [3.63, 3.8) is 0 Å². The van der Waals surface area contributed by atoms with Gasteiger partial charge in [0.2, 0.25) is 0 Å². The summed E-state index contributed by atoms with van der Waals surface area (Å²) in [6, 6.07) is 9.61. The van der Waals surface area contributed by atoms with Gasteiger partial charge >= 0.3 is 5.69 Å². The smallest absolute Gasteiger partial charge is 0.311 e. The van der Waals surface area contributed by atoms with Gasteiger partial charge in [-0.1, -0.05) is 36.1 Å². The Morgan fingerprint density at radius 3 is 2.58 bits per heavy atom. The molecule has 1 heterocycles. The summed E-state index contributed by atoms with van der Waals surface area (Å²) in [6.07, 6.45) is 1.53. The van der Waals surface area contributed by atoms with Gasteiger partial charge in [-0.3, -0.25) is 19.8 Å². The SMILES string of the molecule is Cc1ccc(N2C(=O)/C(=C\c3ccc(O)c([N+](=O)[O-])c3)SC2=S)cc1C. The topological polar surface area (TPSA) is 83.7 Å². The lowest BCUT2D eigenvalue weighted by atomic mass is 10.1. The van der Waals surface area contributed by atoms with Crippen molar-refractivity contribution in [2.75, 3.05) is 4.90 Å². The lowest BCUT2D eigenvalue weighted by Gasteiger charge is -2.15. The van der Waals surface area contributed by atoms with Crippen molar-refractivity contribution >= 4 is 51.7 Å². The van der Waals surface area contributed by atoms with Gasteiger partial charge in [0.05, 0.1) is 15.5 Å². The number of nitro benzene ring substituents is 1. The zero-order chi connectivity index (χ0) is 19.0. The molecule has 6 nitrogen and oxygen atoms in total. The summed E-state index contributed by atoms with van der Waals surface area (Å²) in [7, 11) is 0. The molecule has 1 aliphatic rings. The van der Waals surface area contributed by atoms with Crippen LogP contribution in [-0.4, -0.2) is 20.3 Å². The lowest BCUT2D eigenvalue weighted by Crippen LogP contribution is -2.27. The summed E-state index contributed by atoms with van der Waals surface area (Å²) in [6.45, 7) is 3.95. The van der Waals surface area contributed by atoms with E-state index in [0.29, 0.717) is 20.5 Å². The fraction of sp³-hybridized carbons (Fsp3) is 0.111. The number of nitro groups is 1. The van der Waals surface area contributed by atoms with Crippen LogP contribution in [0.4, 0.5) is 11.4 Å². The predicted molar refractivity (Wildman–Crippen MR) is 106 cm³/mol. The van der Waals surface area contributed by atoms with E-state index in [4.69, 9.17) is 12.2 Å². The maximum absolute atomic E-state index is 12.8. The molecule has 1 fully saturated rings. The number of hydrogen-bond acceptors (Lipinski definition) is 6. The Labute approximate surface area is 159 Å². The van der Waals surface area contributed by atoms with E-state index < -0.39 is 16.4 Å². The summed E-state index contributed by atoms with van der Waals surface area (Å²) in [5.41, 5.74) is 2.88. The molecular formula is C18H14N2O4S2. The van der Waals surface area contributed by atoms with Gasteiger partial charge < -0.3 is 5.11 Å². The second-order valence-corrected chi connectivity index (χ2v) is 7.47. The fourth-order valence-electron chi connectivity index (χ4n) is 2.48. The van der Waals surface area contributed by atoms with Gasteiger partial charge in [-0.05, 0) is 54.8 Å². The normalized spacial score (nSPS) is 15.8. The second-order valence-electron chi connectivity index (χ2n) is 5.79. The van der Waals surface area contributed by atoms with E-state index >= 15 is 0 Å². The molecule has 0 spiro atoms. The van der Waals surface area contributed by atoms with Crippen molar-refractivity contribution in [1.29, 1.82) is 0 Å². The molecule has 1 N–H and O–H groups in total. The largest absolute Gasteiger partial charge is 0.502 e. The Hall–Kier alpha value is -2.71. The van der Waals surface area contributed by atoms with Crippen molar-refractivity contribution in [3.05, 3.63) is 68.1 Å². The van der Waals surface area contributed by atoms with Crippen LogP contribution >= 0.6 is 24.0 Å². The first-order chi connectivity index (χ1) is 12.3. The van der Waals surface area contributed by atoms with Crippen molar-refractivity contribution in [3.8, 4) is 5.75 Å². The van der Waals surface area contributed by atoms with E-state index in [1.165, 1.54) is 29.2 Å². The Kier molecular flexibility index (Phi) is 4.80. The molecule has 1 saturated heterocycles. The van der Waals surface area contributed by atoms with Gasteiger partial charge in [-0.2, -0.15) is 0 Å². The first-order valence-electron chi connectivity index (χ1n) is 7.60. The number of phenolic OH excluding ortho intramolecular Hbond substituents is 1. The Bertz CT molecular complexity index is 985. The second kappa shape index (κ2) is 6.89. The molecule has 0 saturated carbocycles. The summed E-state index contributed by atoms with van der Waals surface area (Å²) in [5.74, 6) is -0.700. The number of amides is 1. The third-order valence-corrected chi connectivity index (χ3v) is 5.34. The zero-order valence-corrected chi connectivity index (χ0v) is 15.6. The average molecular weight is 386 g/mol. The molecule has 0 aromatic heterocycles. The van der Waals surface area contributed by atoms with Crippen molar-refractivity contribution in [2.24, 2.45) is 0 Å². The van der Waals surface area contributed by atoms with Crippen LogP contribution in [0.3, 0.4) is 0 Å². The molecular weight excluding hydrogens is 372 g/mol. The first-order valence-corrected chi connectivity index (χ1v) is 8.83. The van der Waals surface area contributed by atoms with Crippen LogP contribution in [0.1, 0.15) is 16.7 Å². The third-order valence-electron chi connectivity index (χ3n) is 4.04. The maximum Gasteiger partial charge on any atom is 0.311 e. The molecule has 8 heteroatoms. The van der Waals surface area contributed by atoms with E-state index in [-0.39, 0.29) is 5.91 Å². The van der Waals surface area contributed by atoms with Crippen molar-refractivity contribution < 1.29 is 14.8 Å². The number of carbonyl (C=O) groups excluding carboxylic acids is 1. The highest BCUT2D eigenvalue weighted by Gasteiger charge is 2.33. The summed E-state index contributed by atoms with van der Waals surface area (Å²) in [5, 5.41) is 20.5. The number of hydrogen-bond donors (Lipinski definition) is 1. The van der Waals surface area contributed by atoms with Gasteiger partial charge in [0.25, 0.3) is 5.91 Å². The Balaban J connectivity index is 1.96. The Morgan fingerprint density at radius 2 is 1.92 bits per heavy atom. The monoisotopic (exact) mass is 386 g/mol. The molecule has 0 aliphatic carbocycles. The summed E-state index contributed by atoms with van der Waals surface area (Å²) in [4.78, 5) is 24.9. The molecule has 26 heavy (non-hydrogen) atoms. The molecule has 2 aromatic rings. The van der Waals surface area contributed by atoms with Crippen molar-refractivity contribution in [2.45, 2.75) is 13.8 Å². The molecule has 3 rings (SSSR count). The minimum absolute atomic E-state index is 0.279. The minimum atomic E-state index is -0.674. The van der Waals surface area contributed by atoms with Gasteiger partial charge in [0, 0.05) is 6.07 Å². The van der Waals surface area contributed by atoms with Gasteiger partial charge in [0.1, 0.15) is 0 Å². The highest BCUT2D eigenvalue weighted by molar-refractivity contribution is 8.27. The predicted octanol–water partition coefficient (Wildman–Crippen LogP) is 4.32. The number of aryl methyl sites for hydroxylation is 2. The molecule has 1 aliphatic heterocycles. The van der Waals surface area contributed by atoms with Crippen LogP contribution in [0.15, 0.2) is 41.3 Å². The van der Waals surface area contributed by atoms with E-state index in [9.17, 15) is 20.0 Å². The number of phenols is 1. The molecule has 1 amide bonds. The van der Waals surface area contributed by atoms with Crippen LogP contribution in [-0.2, 0) is 4.79 Å². The quantitative estimate of drug-likeness (QED) is 0.366. The molecule has 0 radical (unpaired) electrons. The van der Waals surface area contributed by atoms with E-state index in [0.717, 1.165) is 22.9 Å². The third kappa shape index (κ3) is 3.33. The standard InChI is InChI=1S/C18H14N2O4S2/c1-10-3-5-13(7-11(10)2)19-17(22)16(26-18(19)25)9-12-4-6-15(21)14(8-12)20(23)24/h3-9,21H,1-2H3/b16-9+. The van der Waals surface area contributed by atoms with Gasteiger partial charge in [-0.25, -0.2) is 0 Å². The van der Waals surface area contributed by atoms with Gasteiger partial charge in [0.15, 0.2) is 10.1 Å². The number of thioether (sulfide) groups is 1. The van der Waals surface area contributed by atoms with Gasteiger partial charge in [-0.15, -0.1) is 0 Å². The zero-order valence-electron chi connectivity index (χ0n) is 13.9. The number of aromatic hydroxyl groups is 1. The highest BCUT2D eigenvalue weighted by Crippen LogP contribution is 2.37. The van der Waals surface area contributed by atoms with Crippen LogP contribution in [0.2, 0.25) is 0 Å². The molecule has 0 atom stereocenters. The molecule has 0 unspecified atom stereocenters. The molecule has 0 bridgehead atoms. The first kappa shape index (κ1) is 18.1. The highest BCUT2D eigenvalue weighted by atomic mass is 32.2. The molecule has 132 valence electrons. The fourth-order valence-corrected chi connectivity index (χ4v) is 3.78. The molecule has 2 aromatic carbocycles. The van der Waals surface area contributed by atoms with E-state index in [1.54, 1.807) is 0 Å². The van der Waals surface area contributed by atoms with E-state index in [1.807, 2.05) is 32.0 Å². The Morgan fingerprint density at radius 1 is 1.19 bits per heavy atom. The average Bonchev–Trinajstić information content (AvgIpc) is 2.85. The number of nitrogens with zero attached hydrogens (tertiary/aromatic N) is 2. The van der Waals surface area contributed by atoms with Crippen LogP contribution in [0.5, 0.6) is 5.75 Å². The van der Waals surface area contributed by atoms with Crippen LogP contribution < -0.4 is 4.90 Å². The number of thiocarbonyl (C=S) groups is 1. The summed E-state index contributed by atoms with van der Waals surface area (Å²) < 4.78 is 0.401. The van der Waals surface area contributed by atoms with E-state index in [2.05, 4.69) is 0 Å². The minimum Gasteiger partial charge on any atom is -0.502 e. The van der Waals surface area contributed by atoms with Crippen molar-refractivity contribution in [1.82, 2.24) is 0 Å². The summed E-state index contributed by atoms with van der Waals surface area (Å²) >= 11 is 6.47. The maximum atomic E-state index is 12.8.